The molecule has 0 aliphatic rings. The highest BCUT2D eigenvalue weighted by atomic mass is 19.1. The lowest BCUT2D eigenvalue weighted by Gasteiger charge is -2.17. The minimum absolute atomic E-state index is 0.109. The molecule has 24 heavy (non-hydrogen) atoms. The van der Waals surface area contributed by atoms with Gasteiger partial charge >= 0.3 is 0 Å². The van der Waals surface area contributed by atoms with Crippen molar-refractivity contribution < 1.29 is 9.18 Å². The average molecular weight is 337 g/mol. The number of aryl methyl sites for hydroxylation is 1. The van der Waals surface area contributed by atoms with Crippen molar-refractivity contribution in [2.45, 2.75) is 80.1 Å². The second-order valence-corrected chi connectivity index (χ2v) is 5.81. The van der Waals surface area contributed by atoms with Crippen LogP contribution >= 0.6 is 0 Å². The fourth-order valence-corrected chi connectivity index (χ4v) is 2.58. The van der Waals surface area contributed by atoms with E-state index in [-0.39, 0.29) is 5.82 Å². The van der Waals surface area contributed by atoms with E-state index in [1.165, 1.54) is 36.8 Å². The Balaban J connectivity index is 0. The van der Waals surface area contributed by atoms with Gasteiger partial charge < -0.3 is 4.79 Å². The molecule has 1 atom stereocenters. The third kappa shape index (κ3) is 9.64. The molecule has 2 heteroatoms. The summed E-state index contributed by atoms with van der Waals surface area (Å²) >= 11 is 0. The van der Waals surface area contributed by atoms with E-state index in [9.17, 15) is 4.39 Å². The average Bonchev–Trinajstić information content (AvgIpc) is 2.62. The van der Waals surface area contributed by atoms with E-state index < -0.39 is 0 Å². The second kappa shape index (κ2) is 16.4. The Labute approximate surface area is 149 Å². The van der Waals surface area contributed by atoms with Gasteiger partial charge in [0.05, 0.1) is 0 Å². The SMILES string of the molecule is C=O.CC.CCC/C=C(/c1ccc(F)c(C)c1)C(C)CCCCC. The van der Waals surface area contributed by atoms with Crippen molar-refractivity contribution in [2.24, 2.45) is 5.92 Å². The molecular formula is C22H37FO. The van der Waals surface area contributed by atoms with Crippen LogP contribution in [0.2, 0.25) is 0 Å². The van der Waals surface area contributed by atoms with Gasteiger partial charge in [-0.2, -0.15) is 0 Å². The molecule has 138 valence electrons. The number of carbonyl (C=O) groups excluding carboxylic acids is 1. The molecule has 0 aromatic heterocycles. The largest absolute Gasteiger partial charge is 0.307 e. The summed E-state index contributed by atoms with van der Waals surface area (Å²) in [4.78, 5) is 8.00. The van der Waals surface area contributed by atoms with E-state index in [2.05, 4.69) is 26.8 Å². The first kappa shape index (κ1) is 24.8. The van der Waals surface area contributed by atoms with Crippen LogP contribution in [0.4, 0.5) is 4.39 Å². The molecule has 0 saturated carbocycles. The highest BCUT2D eigenvalue weighted by Gasteiger charge is 2.12. The van der Waals surface area contributed by atoms with Crippen molar-refractivity contribution in [2.75, 3.05) is 0 Å². The molecule has 1 unspecified atom stereocenters. The molecule has 0 N–H and O–H groups in total. The molecule has 1 nitrogen and oxygen atoms in total. The van der Waals surface area contributed by atoms with E-state index in [1.54, 1.807) is 6.07 Å². The Morgan fingerprint density at radius 3 is 2.29 bits per heavy atom. The van der Waals surface area contributed by atoms with Crippen LogP contribution < -0.4 is 0 Å². The number of hydrogen-bond acceptors (Lipinski definition) is 1. The Morgan fingerprint density at radius 1 is 1.17 bits per heavy atom. The molecule has 0 aliphatic heterocycles. The maximum absolute atomic E-state index is 13.4. The van der Waals surface area contributed by atoms with Gasteiger partial charge in [0.1, 0.15) is 12.6 Å². The summed E-state index contributed by atoms with van der Waals surface area (Å²) in [6.07, 6.45) is 9.67. The lowest BCUT2D eigenvalue weighted by Crippen LogP contribution is -2.00. The first-order valence-electron chi connectivity index (χ1n) is 9.35. The number of benzene rings is 1. The van der Waals surface area contributed by atoms with Gasteiger partial charge in [-0.1, -0.05) is 72.4 Å². The van der Waals surface area contributed by atoms with Gasteiger partial charge in [0.15, 0.2) is 0 Å². The Morgan fingerprint density at radius 2 is 1.79 bits per heavy atom. The highest BCUT2D eigenvalue weighted by molar-refractivity contribution is 5.67. The second-order valence-electron chi connectivity index (χ2n) is 5.81. The molecule has 0 saturated heterocycles. The summed E-state index contributed by atoms with van der Waals surface area (Å²) in [6.45, 7) is 14.6. The Bertz CT molecular complexity index is 451. The van der Waals surface area contributed by atoms with E-state index in [0.29, 0.717) is 5.92 Å². The summed E-state index contributed by atoms with van der Waals surface area (Å²) < 4.78 is 13.4. The molecule has 0 spiro atoms. The third-order valence-corrected chi connectivity index (χ3v) is 3.92. The van der Waals surface area contributed by atoms with Gasteiger partial charge in [0.25, 0.3) is 0 Å². The lowest BCUT2D eigenvalue weighted by atomic mass is 9.88. The fraction of sp³-hybridized carbons (Fsp3) is 0.591. The zero-order chi connectivity index (χ0) is 19.0. The quantitative estimate of drug-likeness (QED) is 0.453. The van der Waals surface area contributed by atoms with E-state index >= 15 is 0 Å². The van der Waals surface area contributed by atoms with Crippen LogP contribution in [0, 0.1) is 18.7 Å². The number of halogens is 1. The van der Waals surface area contributed by atoms with Crippen LogP contribution in [-0.2, 0) is 4.79 Å². The van der Waals surface area contributed by atoms with Crippen molar-refractivity contribution in [3.63, 3.8) is 0 Å². The minimum atomic E-state index is -0.109. The third-order valence-electron chi connectivity index (χ3n) is 3.92. The first-order valence-corrected chi connectivity index (χ1v) is 9.35. The van der Waals surface area contributed by atoms with Crippen molar-refractivity contribution >= 4 is 12.4 Å². The lowest BCUT2D eigenvalue weighted by molar-refractivity contribution is -0.0979. The molecule has 1 aromatic rings. The number of rotatable bonds is 8. The first-order chi connectivity index (χ1) is 11.6. The summed E-state index contributed by atoms with van der Waals surface area (Å²) in [7, 11) is 0. The smallest absolute Gasteiger partial charge is 0.126 e. The molecule has 0 heterocycles. The molecule has 0 amide bonds. The van der Waals surface area contributed by atoms with Gasteiger partial charge in [-0.25, -0.2) is 4.39 Å². The van der Waals surface area contributed by atoms with Crippen LogP contribution in [0.5, 0.6) is 0 Å². The molecule has 0 radical (unpaired) electrons. The van der Waals surface area contributed by atoms with E-state index in [0.717, 1.165) is 18.4 Å². The summed E-state index contributed by atoms with van der Waals surface area (Å²) in [5.41, 5.74) is 3.33. The predicted molar refractivity (Wildman–Crippen MR) is 106 cm³/mol. The summed E-state index contributed by atoms with van der Waals surface area (Å²) in [5, 5.41) is 0. The van der Waals surface area contributed by atoms with Crippen LogP contribution in [0.3, 0.4) is 0 Å². The van der Waals surface area contributed by atoms with Crippen LogP contribution in [0.1, 0.15) is 84.3 Å². The Hall–Kier alpha value is -1.44. The zero-order valence-electron chi connectivity index (χ0n) is 16.6. The van der Waals surface area contributed by atoms with Crippen LogP contribution in [0.15, 0.2) is 24.3 Å². The topological polar surface area (TPSA) is 17.1 Å². The van der Waals surface area contributed by atoms with Crippen molar-refractivity contribution in [3.8, 4) is 0 Å². The minimum Gasteiger partial charge on any atom is -0.307 e. The summed E-state index contributed by atoms with van der Waals surface area (Å²) in [5.74, 6) is 0.445. The van der Waals surface area contributed by atoms with Crippen LogP contribution in [0.25, 0.3) is 5.57 Å². The normalized spacial score (nSPS) is 11.7. The number of unbranched alkanes of at least 4 members (excludes halogenated alkanes) is 3. The molecule has 0 bridgehead atoms. The molecular weight excluding hydrogens is 299 g/mol. The van der Waals surface area contributed by atoms with Crippen molar-refractivity contribution in [1.82, 2.24) is 0 Å². The number of carbonyl (C=O) groups is 1. The number of allylic oxidation sites excluding steroid dienone is 2. The monoisotopic (exact) mass is 336 g/mol. The van der Waals surface area contributed by atoms with E-state index in [1.807, 2.05) is 39.7 Å². The standard InChI is InChI=1S/C19H29F.C2H6.CH2O/c1-5-7-9-10-15(3)18(11-8-6-2)17-12-13-19(20)16(4)14-17;2*1-2/h11-15H,5-10H2,1-4H3;1-2H3;1H2/b18-11+;;. The van der Waals surface area contributed by atoms with Crippen molar-refractivity contribution in [1.29, 1.82) is 0 Å². The van der Waals surface area contributed by atoms with Crippen LogP contribution in [-0.4, -0.2) is 6.79 Å². The molecule has 0 fully saturated rings. The van der Waals surface area contributed by atoms with Gasteiger partial charge in [-0.15, -0.1) is 0 Å². The molecule has 0 aliphatic carbocycles. The number of hydrogen-bond donors (Lipinski definition) is 0. The Kier molecular flexibility index (Phi) is 17.0. The molecule has 1 rings (SSSR count). The zero-order valence-corrected chi connectivity index (χ0v) is 16.6. The van der Waals surface area contributed by atoms with Gasteiger partial charge in [-0.05, 0) is 54.5 Å². The van der Waals surface area contributed by atoms with Gasteiger partial charge in [0.2, 0.25) is 0 Å². The van der Waals surface area contributed by atoms with E-state index in [4.69, 9.17) is 4.79 Å². The van der Waals surface area contributed by atoms with Gasteiger partial charge in [-0.3, -0.25) is 0 Å². The van der Waals surface area contributed by atoms with Crippen molar-refractivity contribution in [3.05, 3.63) is 41.2 Å². The highest BCUT2D eigenvalue weighted by Crippen LogP contribution is 2.29. The maximum Gasteiger partial charge on any atom is 0.126 e. The molecule has 1 aromatic carbocycles. The predicted octanol–water partition coefficient (Wildman–Crippen LogP) is 7.38. The maximum atomic E-state index is 13.4. The fourth-order valence-electron chi connectivity index (χ4n) is 2.58. The summed E-state index contributed by atoms with van der Waals surface area (Å²) in [6, 6.07) is 5.52. The van der Waals surface area contributed by atoms with Gasteiger partial charge in [0, 0.05) is 0 Å².